The van der Waals surface area contributed by atoms with Crippen molar-refractivity contribution in [3.63, 3.8) is 0 Å². The van der Waals surface area contributed by atoms with Crippen molar-refractivity contribution >= 4 is 24.0 Å². The molecule has 0 spiro atoms. The third kappa shape index (κ3) is 2.43. The number of benzene rings is 3. The monoisotopic (exact) mass is 320 g/mol. The minimum Gasteiger partial charge on any atom is -0.368 e. The standard InChI is InChI=1S/C19H17N2OP/c22-23(16-11-5-2-6-12-16)19(15-9-3-1-4-10-15)20-17-13-7-8-14-18(17)21-23/h1-14,19-20H,(H,21,22)/t19-,23?/m1/s1. The number of hydrogen-bond donors (Lipinski definition) is 2. The first-order valence-corrected chi connectivity index (χ1v) is 9.39. The van der Waals surface area contributed by atoms with E-state index in [1.54, 1.807) is 0 Å². The van der Waals surface area contributed by atoms with Gasteiger partial charge in [-0.3, -0.25) is 4.57 Å². The number of anilines is 2. The predicted molar refractivity (Wildman–Crippen MR) is 96.6 cm³/mol. The molecule has 0 fully saturated rings. The van der Waals surface area contributed by atoms with Crippen LogP contribution >= 0.6 is 7.29 Å². The number of fused-ring (bicyclic) bond motifs is 1. The van der Waals surface area contributed by atoms with Crippen LogP contribution in [0.4, 0.5) is 11.4 Å². The summed E-state index contributed by atoms with van der Waals surface area (Å²) in [6.45, 7) is 0. The fourth-order valence-corrected chi connectivity index (χ4v) is 5.62. The first kappa shape index (κ1) is 14.1. The van der Waals surface area contributed by atoms with Crippen molar-refractivity contribution in [1.82, 2.24) is 0 Å². The van der Waals surface area contributed by atoms with Gasteiger partial charge in [0.1, 0.15) is 5.78 Å². The molecule has 1 aliphatic heterocycles. The normalized spacial score (nSPS) is 22.5. The van der Waals surface area contributed by atoms with Crippen LogP contribution in [0, 0.1) is 0 Å². The Hall–Kier alpha value is -2.51. The van der Waals surface area contributed by atoms with E-state index in [1.165, 1.54) is 0 Å². The van der Waals surface area contributed by atoms with Crippen LogP contribution in [0.15, 0.2) is 84.9 Å². The minimum atomic E-state index is -2.89. The summed E-state index contributed by atoms with van der Waals surface area (Å²) in [6, 6.07) is 27.5. The van der Waals surface area contributed by atoms with E-state index >= 15 is 0 Å². The molecule has 0 amide bonds. The molecular weight excluding hydrogens is 303 g/mol. The van der Waals surface area contributed by atoms with Crippen LogP contribution < -0.4 is 15.7 Å². The third-order valence-corrected chi connectivity index (χ3v) is 6.92. The van der Waals surface area contributed by atoms with Crippen molar-refractivity contribution in [2.75, 3.05) is 10.4 Å². The van der Waals surface area contributed by atoms with Gasteiger partial charge in [-0.15, -0.1) is 0 Å². The maximum Gasteiger partial charge on any atom is 0.224 e. The number of rotatable bonds is 2. The summed E-state index contributed by atoms with van der Waals surface area (Å²) in [4.78, 5) is 0. The van der Waals surface area contributed by atoms with Crippen LogP contribution in [0.5, 0.6) is 0 Å². The number of hydrogen-bond acceptors (Lipinski definition) is 2. The zero-order valence-corrected chi connectivity index (χ0v) is 13.4. The lowest BCUT2D eigenvalue weighted by molar-refractivity contribution is 0.578. The Bertz CT molecular complexity index is 865. The van der Waals surface area contributed by atoms with Crippen LogP contribution in [0.1, 0.15) is 11.3 Å². The fourth-order valence-electron chi connectivity index (χ4n) is 2.98. The van der Waals surface area contributed by atoms with Gasteiger partial charge in [0.2, 0.25) is 7.29 Å². The second-order valence-electron chi connectivity index (χ2n) is 5.61. The average Bonchev–Trinajstić information content (AvgIpc) is 2.62. The van der Waals surface area contributed by atoms with E-state index in [-0.39, 0.29) is 5.78 Å². The quantitative estimate of drug-likeness (QED) is 0.665. The molecule has 0 aromatic heterocycles. The molecular formula is C19H17N2OP. The van der Waals surface area contributed by atoms with Crippen LogP contribution in [-0.2, 0) is 4.57 Å². The summed E-state index contributed by atoms with van der Waals surface area (Å²) in [6.07, 6.45) is 0. The smallest absolute Gasteiger partial charge is 0.224 e. The maximum absolute atomic E-state index is 14.0. The summed E-state index contributed by atoms with van der Waals surface area (Å²) in [5.41, 5.74) is 2.87. The SMILES string of the molecule is O=P1(c2ccccc2)Nc2ccccc2N[C@H]1c1ccccc1. The molecule has 0 aliphatic carbocycles. The van der Waals surface area contributed by atoms with Crippen molar-refractivity contribution in [2.45, 2.75) is 5.78 Å². The van der Waals surface area contributed by atoms with Gasteiger partial charge in [-0.1, -0.05) is 60.7 Å². The van der Waals surface area contributed by atoms with Gasteiger partial charge in [0, 0.05) is 5.30 Å². The molecule has 4 heteroatoms. The largest absolute Gasteiger partial charge is 0.368 e. The lowest BCUT2D eigenvalue weighted by Crippen LogP contribution is -2.27. The summed E-state index contributed by atoms with van der Waals surface area (Å²) >= 11 is 0. The van der Waals surface area contributed by atoms with Crippen LogP contribution in [0.25, 0.3) is 0 Å². The summed E-state index contributed by atoms with van der Waals surface area (Å²) < 4.78 is 14.0. The van der Waals surface area contributed by atoms with E-state index in [2.05, 4.69) is 10.4 Å². The lowest BCUT2D eigenvalue weighted by Gasteiger charge is -2.36. The summed E-state index contributed by atoms with van der Waals surface area (Å²) in [5, 5.41) is 7.64. The molecule has 23 heavy (non-hydrogen) atoms. The molecule has 2 N–H and O–H groups in total. The molecule has 3 aromatic rings. The molecule has 0 bridgehead atoms. The summed E-state index contributed by atoms with van der Waals surface area (Å²) in [7, 11) is -2.89. The molecule has 2 atom stereocenters. The second-order valence-corrected chi connectivity index (χ2v) is 8.18. The van der Waals surface area contributed by atoms with Crippen molar-refractivity contribution < 1.29 is 4.57 Å². The Morgan fingerprint density at radius 3 is 1.96 bits per heavy atom. The molecule has 1 heterocycles. The molecule has 1 aliphatic rings. The highest BCUT2D eigenvalue weighted by molar-refractivity contribution is 7.73. The third-order valence-electron chi connectivity index (χ3n) is 4.12. The highest BCUT2D eigenvalue weighted by atomic mass is 31.2. The van der Waals surface area contributed by atoms with Crippen molar-refractivity contribution in [3.8, 4) is 0 Å². The van der Waals surface area contributed by atoms with Crippen LogP contribution in [0.3, 0.4) is 0 Å². The topological polar surface area (TPSA) is 41.1 Å². The molecule has 1 unspecified atom stereocenters. The fraction of sp³-hybridized carbons (Fsp3) is 0.0526. The molecule has 3 aromatic carbocycles. The Labute approximate surface area is 135 Å². The molecule has 4 rings (SSSR count). The Morgan fingerprint density at radius 1 is 0.696 bits per heavy atom. The van der Waals surface area contributed by atoms with Crippen molar-refractivity contribution in [3.05, 3.63) is 90.5 Å². The average molecular weight is 320 g/mol. The van der Waals surface area contributed by atoms with E-state index in [4.69, 9.17) is 0 Å². The van der Waals surface area contributed by atoms with E-state index in [1.807, 2.05) is 84.9 Å². The Balaban J connectivity index is 1.89. The molecule has 0 saturated carbocycles. The van der Waals surface area contributed by atoms with Gasteiger partial charge in [-0.05, 0) is 29.8 Å². The van der Waals surface area contributed by atoms with Gasteiger partial charge in [-0.2, -0.15) is 0 Å². The first-order chi connectivity index (χ1) is 11.3. The summed E-state index contributed by atoms with van der Waals surface area (Å²) in [5.74, 6) is -0.291. The van der Waals surface area contributed by atoms with Gasteiger partial charge in [0.25, 0.3) is 0 Å². The van der Waals surface area contributed by atoms with Gasteiger partial charge in [-0.25, -0.2) is 0 Å². The lowest BCUT2D eigenvalue weighted by atomic mass is 10.2. The van der Waals surface area contributed by atoms with E-state index in [9.17, 15) is 4.57 Å². The first-order valence-electron chi connectivity index (χ1n) is 7.61. The van der Waals surface area contributed by atoms with E-state index in [0.29, 0.717) is 0 Å². The van der Waals surface area contributed by atoms with Crippen LogP contribution in [-0.4, -0.2) is 0 Å². The van der Waals surface area contributed by atoms with Gasteiger partial charge in [0.05, 0.1) is 11.4 Å². The molecule has 3 nitrogen and oxygen atoms in total. The van der Waals surface area contributed by atoms with Crippen molar-refractivity contribution in [1.29, 1.82) is 0 Å². The number of nitrogens with one attached hydrogen (secondary N) is 2. The highest BCUT2D eigenvalue weighted by Gasteiger charge is 2.40. The van der Waals surface area contributed by atoms with E-state index < -0.39 is 7.29 Å². The molecule has 0 saturated heterocycles. The van der Waals surface area contributed by atoms with Gasteiger partial charge >= 0.3 is 0 Å². The zero-order valence-electron chi connectivity index (χ0n) is 12.5. The Morgan fingerprint density at radius 2 is 1.26 bits per heavy atom. The Kier molecular flexibility index (Phi) is 3.44. The van der Waals surface area contributed by atoms with E-state index in [0.717, 1.165) is 22.2 Å². The predicted octanol–water partition coefficient (Wildman–Crippen LogP) is 4.83. The molecule has 0 radical (unpaired) electrons. The molecule has 114 valence electrons. The maximum atomic E-state index is 14.0. The minimum absolute atomic E-state index is 0.291. The number of para-hydroxylation sites is 2. The zero-order chi connectivity index (χ0) is 15.7. The van der Waals surface area contributed by atoms with Gasteiger partial charge < -0.3 is 10.4 Å². The second kappa shape index (κ2) is 5.60. The van der Waals surface area contributed by atoms with Gasteiger partial charge in [0.15, 0.2) is 0 Å². The van der Waals surface area contributed by atoms with Crippen molar-refractivity contribution in [2.24, 2.45) is 0 Å². The van der Waals surface area contributed by atoms with Crippen LogP contribution in [0.2, 0.25) is 0 Å². The highest BCUT2D eigenvalue weighted by Crippen LogP contribution is 2.61.